The second-order valence-corrected chi connectivity index (χ2v) is 7.41. The molecule has 162 valence electrons. The van der Waals surface area contributed by atoms with Gasteiger partial charge >= 0.3 is 0 Å². The van der Waals surface area contributed by atoms with Crippen molar-refractivity contribution in [2.75, 3.05) is 0 Å². The lowest BCUT2D eigenvalue weighted by Crippen LogP contribution is -2.24. The molecule has 3 aromatic rings. The van der Waals surface area contributed by atoms with Crippen LogP contribution in [0.5, 0.6) is 0 Å². The molecule has 0 unspecified atom stereocenters. The molecule has 0 aliphatic carbocycles. The van der Waals surface area contributed by atoms with Crippen molar-refractivity contribution in [3.63, 3.8) is 0 Å². The Balaban J connectivity index is 1.69. The smallest absolute Gasteiger partial charge is 0.180 e. The fraction of sp³-hybridized carbons (Fsp3) is 0.391. The van der Waals surface area contributed by atoms with Crippen LogP contribution in [0.4, 0.5) is 0 Å². The first-order chi connectivity index (χ1) is 15.2. The molecular weight excluding hydrogens is 388 g/mol. The monoisotopic (exact) mass is 418 g/mol. The van der Waals surface area contributed by atoms with Gasteiger partial charge in [-0.3, -0.25) is 10.4 Å². The predicted octanol–water partition coefficient (Wildman–Crippen LogP) is 4.77. The minimum absolute atomic E-state index is 0.451. The topological polar surface area (TPSA) is 116 Å². The molecule has 0 radical (unpaired) electrons. The Kier molecular flexibility index (Phi) is 8.39. The van der Waals surface area contributed by atoms with Crippen molar-refractivity contribution in [1.82, 2.24) is 30.9 Å². The highest BCUT2D eigenvalue weighted by atomic mass is 15.5. The molecule has 2 heterocycles. The fourth-order valence-electron chi connectivity index (χ4n) is 3.17. The Bertz CT molecular complexity index is 977. The molecule has 0 atom stereocenters. The second kappa shape index (κ2) is 11.7. The Morgan fingerprint density at radius 2 is 1.81 bits per heavy atom. The van der Waals surface area contributed by atoms with Gasteiger partial charge in [-0.25, -0.2) is 10.1 Å². The van der Waals surface area contributed by atoms with Crippen molar-refractivity contribution in [2.45, 2.75) is 58.9 Å². The van der Waals surface area contributed by atoms with E-state index in [4.69, 9.17) is 5.41 Å². The Morgan fingerprint density at radius 1 is 1.03 bits per heavy atom. The molecule has 0 spiro atoms. The summed E-state index contributed by atoms with van der Waals surface area (Å²) in [5.74, 6) is 1.95. The maximum atomic E-state index is 8.09. The Morgan fingerprint density at radius 3 is 2.48 bits per heavy atom. The fourth-order valence-corrected chi connectivity index (χ4v) is 3.17. The standard InChI is InChI=1S/C23H30N8/c1-3-5-11-21(24)27-22(12-6-4-2)26-16-17-13-14-20(25-15-17)18-9-7-8-10-19(18)23-28-30-31-29-23/h7-10,13-15H,3-6,11-12,16H2,1-2H3,(H2,24,26,27)(H,28,29,30,31). The number of nitrogens with zero attached hydrogens (tertiary/aromatic N) is 5. The molecule has 0 saturated carbocycles. The number of benzene rings is 1. The quantitative estimate of drug-likeness (QED) is 0.324. The Labute approximate surface area is 183 Å². The van der Waals surface area contributed by atoms with Crippen LogP contribution in [0.15, 0.2) is 47.6 Å². The van der Waals surface area contributed by atoms with Crippen molar-refractivity contribution in [3.8, 4) is 22.6 Å². The van der Waals surface area contributed by atoms with E-state index < -0.39 is 0 Å². The maximum absolute atomic E-state index is 8.09. The summed E-state index contributed by atoms with van der Waals surface area (Å²) in [6.45, 7) is 4.92. The van der Waals surface area contributed by atoms with Crippen molar-refractivity contribution >= 4 is 11.7 Å². The summed E-state index contributed by atoms with van der Waals surface area (Å²) in [5, 5.41) is 25.7. The van der Waals surface area contributed by atoms with E-state index in [1.165, 1.54) is 0 Å². The van der Waals surface area contributed by atoms with E-state index in [1.807, 2.05) is 36.5 Å². The maximum Gasteiger partial charge on any atom is 0.180 e. The molecule has 8 nitrogen and oxygen atoms in total. The number of pyridine rings is 1. The summed E-state index contributed by atoms with van der Waals surface area (Å²) in [7, 11) is 0. The summed E-state index contributed by atoms with van der Waals surface area (Å²) < 4.78 is 0. The summed E-state index contributed by atoms with van der Waals surface area (Å²) in [5.41, 5.74) is 3.80. The zero-order valence-corrected chi connectivity index (χ0v) is 18.2. The molecule has 3 rings (SSSR count). The molecular formula is C23H30N8. The van der Waals surface area contributed by atoms with Crippen LogP contribution in [-0.4, -0.2) is 37.3 Å². The average Bonchev–Trinajstić information content (AvgIpc) is 3.35. The van der Waals surface area contributed by atoms with Crippen LogP contribution < -0.4 is 5.32 Å². The van der Waals surface area contributed by atoms with Crippen LogP contribution in [0, 0.1) is 5.41 Å². The van der Waals surface area contributed by atoms with Gasteiger partial charge in [-0.1, -0.05) is 57.0 Å². The number of aromatic amines is 1. The molecule has 1 aromatic carbocycles. The molecule has 2 aromatic heterocycles. The summed E-state index contributed by atoms with van der Waals surface area (Å²) in [6.07, 6.45) is 7.68. The molecule has 0 bridgehead atoms. The number of hydrogen-bond acceptors (Lipinski definition) is 5. The van der Waals surface area contributed by atoms with Crippen LogP contribution in [0.25, 0.3) is 22.6 Å². The average molecular weight is 419 g/mol. The highest BCUT2D eigenvalue weighted by Gasteiger charge is 2.11. The summed E-state index contributed by atoms with van der Waals surface area (Å²) in [4.78, 5) is 9.17. The summed E-state index contributed by atoms with van der Waals surface area (Å²) >= 11 is 0. The van der Waals surface area contributed by atoms with Gasteiger partial charge in [0.05, 0.1) is 5.69 Å². The zero-order valence-electron chi connectivity index (χ0n) is 18.2. The third-order valence-corrected chi connectivity index (χ3v) is 4.93. The number of amidine groups is 2. The van der Waals surface area contributed by atoms with Gasteiger partial charge in [-0.2, -0.15) is 0 Å². The third kappa shape index (κ3) is 6.53. The highest BCUT2D eigenvalue weighted by Crippen LogP contribution is 2.28. The first-order valence-electron chi connectivity index (χ1n) is 10.9. The van der Waals surface area contributed by atoms with Crippen LogP contribution in [-0.2, 0) is 6.54 Å². The van der Waals surface area contributed by atoms with E-state index in [0.29, 0.717) is 18.2 Å². The molecule has 3 N–H and O–H groups in total. The number of aromatic nitrogens is 5. The van der Waals surface area contributed by atoms with E-state index in [2.05, 4.69) is 55.8 Å². The van der Waals surface area contributed by atoms with Gasteiger partial charge in [0, 0.05) is 36.7 Å². The molecule has 8 heteroatoms. The van der Waals surface area contributed by atoms with Gasteiger partial charge in [0.1, 0.15) is 11.7 Å². The molecule has 0 fully saturated rings. The highest BCUT2D eigenvalue weighted by molar-refractivity contribution is 5.95. The molecule has 0 saturated heterocycles. The number of hydrogen-bond donors (Lipinski definition) is 3. The minimum atomic E-state index is 0.451. The SMILES string of the molecule is CCCCC(=N)/N=C(/CCCC)NCc1ccc(-c2ccccc2-c2nnn[nH]2)nc1. The molecule has 0 amide bonds. The molecule has 0 aliphatic rings. The number of rotatable bonds is 10. The van der Waals surface area contributed by atoms with Crippen molar-refractivity contribution in [2.24, 2.45) is 4.99 Å². The van der Waals surface area contributed by atoms with Crippen molar-refractivity contribution in [1.29, 1.82) is 5.41 Å². The molecule has 31 heavy (non-hydrogen) atoms. The van der Waals surface area contributed by atoms with Gasteiger partial charge in [-0.15, -0.1) is 5.10 Å². The normalized spacial score (nSPS) is 11.5. The predicted molar refractivity (Wildman–Crippen MR) is 124 cm³/mol. The van der Waals surface area contributed by atoms with E-state index in [-0.39, 0.29) is 0 Å². The van der Waals surface area contributed by atoms with Crippen LogP contribution in [0.2, 0.25) is 0 Å². The lowest BCUT2D eigenvalue weighted by Gasteiger charge is -2.11. The minimum Gasteiger partial charge on any atom is -0.369 e. The largest absolute Gasteiger partial charge is 0.369 e. The lowest BCUT2D eigenvalue weighted by molar-refractivity contribution is 0.790. The van der Waals surface area contributed by atoms with E-state index in [1.54, 1.807) is 0 Å². The number of H-pyrrole nitrogens is 1. The second-order valence-electron chi connectivity index (χ2n) is 7.41. The van der Waals surface area contributed by atoms with Crippen molar-refractivity contribution < 1.29 is 0 Å². The van der Waals surface area contributed by atoms with Crippen molar-refractivity contribution in [3.05, 3.63) is 48.2 Å². The first-order valence-corrected chi connectivity index (χ1v) is 10.9. The van der Waals surface area contributed by atoms with Crippen LogP contribution >= 0.6 is 0 Å². The molecule has 0 aliphatic heterocycles. The number of nitrogens with one attached hydrogen (secondary N) is 3. The van der Waals surface area contributed by atoms with E-state index >= 15 is 0 Å². The van der Waals surface area contributed by atoms with E-state index in [9.17, 15) is 0 Å². The van der Waals surface area contributed by atoms with Gasteiger partial charge in [0.15, 0.2) is 5.82 Å². The Hall–Kier alpha value is -3.42. The summed E-state index contributed by atoms with van der Waals surface area (Å²) in [6, 6.07) is 12.0. The van der Waals surface area contributed by atoms with Gasteiger partial charge in [0.25, 0.3) is 0 Å². The van der Waals surface area contributed by atoms with E-state index in [0.717, 1.165) is 66.7 Å². The van der Waals surface area contributed by atoms with Gasteiger partial charge < -0.3 is 5.32 Å². The van der Waals surface area contributed by atoms with Gasteiger partial charge in [-0.05, 0) is 34.9 Å². The number of tetrazole rings is 1. The van der Waals surface area contributed by atoms with Crippen LogP contribution in [0.1, 0.15) is 57.9 Å². The lowest BCUT2D eigenvalue weighted by atomic mass is 10.0. The third-order valence-electron chi connectivity index (χ3n) is 4.93. The van der Waals surface area contributed by atoms with Crippen LogP contribution in [0.3, 0.4) is 0 Å². The van der Waals surface area contributed by atoms with Gasteiger partial charge in [0.2, 0.25) is 0 Å². The zero-order chi connectivity index (χ0) is 21.9. The number of unbranched alkanes of at least 4 members (excludes halogenated alkanes) is 2. The first kappa shape index (κ1) is 22.3. The number of aliphatic imine (C=N–C) groups is 1.